The van der Waals surface area contributed by atoms with Gasteiger partial charge in [0.2, 0.25) is 0 Å². The van der Waals surface area contributed by atoms with Crippen molar-refractivity contribution in [2.75, 3.05) is 13.2 Å². The first kappa shape index (κ1) is 12.5. The van der Waals surface area contributed by atoms with Gasteiger partial charge in [-0.05, 0) is 0 Å². The normalized spacial score (nSPS) is 10.5. The van der Waals surface area contributed by atoms with Crippen LogP contribution >= 0.6 is 0 Å². The Kier molecular flexibility index (Phi) is 4.76. The SMILES string of the molecule is C=CC(=O)OCC(=O)OCC(C)(F)F. The molecule has 0 heterocycles. The Labute approximate surface area is 79.5 Å². The fourth-order valence-corrected chi connectivity index (χ4v) is 0.438. The zero-order chi connectivity index (χ0) is 11.2. The third-order valence-electron chi connectivity index (χ3n) is 0.986. The van der Waals surface area contributed by atoms with Gasteiger partial charge >= 0.3 is 11.9 Å². The summed E-state index contributed by atoms with van der Waals surface area (Å²) in [5.41, 5.74) is 0. The first-order valence-electron chi connectivity index (χ1n) is 3.68. The molecule has 4 nitrogen and oxygen atoms in total. The summed E-state index contributed by atoms with van der Waals surface area (Å²) in [7, 11) is 0. The molecule has 0 fully saturated rings. The van der Waals surface area contributed by atoms with E-state index in [1.807, 2.05) is 0 Å². The molecule has 0 radical (unpaired) electrons. The fraction of sp³-hybridized carbons (Fsp3) is 0.500. The Morgan fingerprint density at radius 2 is 2.00 bits per heavy atom. The summed E-state index contributed by atoms with van der Waals surface area (Å²) in [6.45, 7) is 1.96. The van der Waals surface area contributed by atoms with Crippen LogP contribution in [0.5, 0.6) is 0 Å². The van der Waals surface area contributed by atoms with E-state index in [1.54, 1.807) is 0 Å². The van der Waals surface area contributed by atoms with Crippen molar-refractivity contribution in [1.29, 1.82) is 0 Å². The van der Waals surface area contributed by atoms with Crippen LogP contribution in [0.15, 0.2) is 12.7 Å². The Bertz CT molecular complexity index is 232. The van der Waals surface area contributed by atoms with E-state index in [9.17, 15) is 18.4 Å². The number of hydrogen-bond donors (Lipinski definition) is 0. The lowest BCUT2D eigenvalue weighted by atomic mass is 10.4. The second-order valence-electron chi connectivity index (χ2n) is 2.54. The van der Waals surface area contributed by atoms with Crippen molar-refractivity contribution < 1.29 is 27.8 Å². The zero-order valence-corrected chi connectivity index (χ0v) is 7.59. The summed E-state index contributed by atoms with van der Waals surface area (Å²) in [5, 5.41) is 0. The number of carbonyl (C=O) groups is 2. The molecule has 0 aliphatic heterocycles. The molecule has 0 saturated carbocycles. The van der Waals surface area contributed by atoms with Gasteiger partial charge in [0.15, 0.2) is 13.2 Å². The maximum absolute atomic E-state index is 12.1. The van der Waals surface area contributed by atoms with Gasteiger partial charge in [0.1, 0.15) is 0 Å². The van der Waals surface area contributed by atoms with Crippen LogP contribution in [0, 0.1) is 0 Å². The van der Waals surface area contributed by atoms with E-state index in [0.29, 0.717) is 6.92 Å². The van der Waals surface area contributed by atoms with Crippen LogP contribution < -0.4 is 0 Å². The highest BCUT2D eigenvalue weighted by molar-refractivity contribution is 5.83. The molecule has 0 saturated heterocycles. The molecule has 0 N–H and O–H groups in total. The van der Waals surface area contributed by atoms with Crippen LogP contribution in [0.25, 0.3) is 0 Å². The molecule has 0 aliphatic carbocycles. The topological polar surface area (TPSA) is 52.6 Å². The van der Waals surface area contributed by atoms with Crippen molar-refractivity contribution in [1.82, 2.24) is 0 Å². The fourth-order valence-electron chi connectivity index (χ4n) is 0.438. The summed E-state index contributed by atoms with van der Waals surface area (Å²) in [4.78, 5) is 21.1. The Hall–Kier alpha value is -1.46. The van der Waals surface area contributed by atoms with E-state index in [1.165, 1.54) is 0 Å². The monoisotopic (exact) mass is 208 g/mol. The van der Waals surface area contributed by atoms with Gasteiger partial charge in [0.05, 0.1) is 0 Å². The molecule has 0 amide bonds. The second-order valence-corrected chi connectivity index (χ2v) is 2.54. The van der Waals surface area contributed by atoms with Crippen LogP contribution in [-0.2, 0) is 19.1 Å². The van der Waals surface area contributed by atoms with Crippen molar-refractivity contribution >= 4 is 11.9 Å². The van der Waals surface area contributed by atoms with Gasteiger partial charge in [-0.3, -0.25) is 0 Å². The van der Waals surface area contributed by atoms with Crippen molar-refractivity contribution in [2.24, 2.45) is 0 Å². The van der Waals surface area contributed by atoms with E-state index >= 15 is 0 Å². The third-order valence-corrected chi connectivity index (χ3v) is 0.986. The molecule has 0 spiro atoms. The average molecular weight is 208 g/mol. The van der Waals surface area contributed by atoms with Gasteiger partial charge in [-0.25, -0.2) is 18.4 Å². The highest BCUT2D eigenvalue weighted by atomic mass is 19.3. The molecular formula is C8H10F2O4. The number of alkyl halides is 2. The lowest BCUT2D eigenvalue weighted by Crippen LogP contribution is -2.24. The zero-order valence-electron chi connectivity index (χ0n) is 7.59. The average Bonchev–Trinajstić information content (AvgIpc) is 2.09. The van der Waals surface area contributed by atoms with Crippen molar-refractivity contribution in [3.8, 4) is 0 Å². The molecule has 0 aromatic rings. The summed E-state index contributed by atoms with van der Waals surface area (Å²) in [6, 6.07) is 0. The van der Waals surface area contributed by atoms with Gasteiger partial charge < -0.3 is 9.47 Å². The lowest BCUT2D eigenvalue weighted by Gasteiger charge is -2.10. The Balaban J connectivity index is 3.67. The van der Waals surface area contributed by atoms with Crippen LogP contribution in [0.2, 0.25) is 0 Å². The molecule has 0 aromatic heterocycles. The number of carbonyl (C=O) groups excluding carboxylic acids is 2. The number of ether oxygens (including phenoxy) is 2. The third kappa shape index (κ3) is 7.20. The number of halogens is 2. The van der Waals surface area contributed by atoms with Crippen LogP contribution in [0.4, 0.5) is 8.78 Å². The molecule has 0 aliphatic rings. The van der Waals surface area contributed by atoms with E-state index in [2.05, 4.69) is 16.1 Å². The summed E-state index contributed by atoms with van der Waals surface area (Å²) < 4.78 is 32.6. The molecule has 14 heavy (non-hydrogen) atoms. The summed E-state index contributed by atoms with van der Waals surface area (Å²) >= 11 is 0. The highest BCUT2D eigenvalue weighted by Crippen LogP contribution is 2.11. The summed E-state index contributed by atoms with van der Waals surface area (Å²) in [5.74, 6) is -4.93. The predicted octanol–water partition coefficient (Wildman–Crippen LogP) is 0.914. The Morgan fingerprint density at radius 3 is 2.43 bits per heavy atom. The van der Waals surface area contributed by atoms with E-state index in [4.69, 9.17) is 0 Å². The number of esters is 2. The van der Waals surface area contributed by atoms with Gasteiger partial charge in [-0.1, -0.05) is 6.58 Å². The molecule has 0 unspecified atom stereocenters. The molecular weight excluding hydrogens is 198 g/mol. The van der Waals surface area contributed by atoms with E-state index in [0.717, 1.165) is 6.08 Å². The minimum absolute atomic E-state index is 0.607. The molecule has 0 aromatic carbocycles. The van der Waals surface area contributed by atoms with Crippen molar-refractivity contribution in [2.45, 2.75) is 12.8 Å². The standard InChI is InChI=1S/C8H10F2O4/c1-3-6(11)13-4-7(12)14-5-8(2,9)10/h3H,1,4-5H2,2H3. The van der Waals surface area contributed by atoms with Gasteiger partial charge in [0, 0.05) is 13.0 Å². The van der Waals surface area contributed by atoms with Gasteiger partial charge in [-0.15, -0.1) is 0 Å². The van der Waals surface area contributed by atoms with Gasteiger partial charge in [0.25, 0.3) is 5.92 Å². The largest absolute Gasteiger partial charge is 0.457 e. The van der Waals surface area contributed by atoms with E-state index < -0.39 is 31.1 Å². The van der Waals surface area contributed by atoms with Crippen LogP contribution in [0.3, 0.4) is 0 Å². The maximum Gasteiger partial charge on any atom is 0.344 e. The van der Waals surface area contributed by atoms with Crippen molar-refractivity contribution in [3.63, 3.8) is 0 Å². The quantitative estimate of drug-likeness (QED) is 0.498. The lowest BCUT2D eigenvalue weighted by molar-refractivity contribution is -0.163. The van der Waals surface area contributed by atoms with Crippen molar-refractivity contribution in [3.05, 3.63) is 12.7 Å². The highest BCUT2D eigenvalue weighted by Gasteiger charge is 2.23. The smallest absolute Gasteiger partial charge is 0.344 e. The minimum atomic E-state index is -3.09. The number of hydrogen-bond acceptors (Lipinski definition) is 4. The van der Waals surface area contributed by atoms with Crippen LogP contribution in [-0.4, -0.2) is 31.1 Å². The molecule has 0 rings (SSSR count). The van der Waals surface area contributed by atoms with Gasteiger partial charge in [-0.2, -0.15) is 0 Å². The maximum atomic E-state index is 12.1. The van der Waals surface area contributed by atoms with Crippen LogP contribution in [0.1, 0.15) is 6.92 Å². The minimum Gasteiger partial charge on any atom is -0.457 e. The Morgan fingerprint density at radius 1 is 1.43 bits per heavy atom. The number of rotatable bonds is 5. The first-order chi connectivity index (χ1) is 6.35. The second kappa shape index (κ2) is 5.31. The summed E-state index contributed by atoms with van der Waals surface area (Å²) in [6.07, 6.45) is 0.849. The molecule has 0 bridgehead atoms. The van der Waals surface area contributed by atoms with E-state index in [-0.39, 0.29) is 0 Å². The predicted molar refractivity (Wildman–Crippen MR) is 42.7 cm³/mol. The molecule has 6 heteroatoms. The molecule has 0 atom stereocenters. The first-order valence-corrected chi connectivity index (χ1v) is 3.68. The molecule has 80 valence electrons.